The molecule has 1 amide bonds. The number of hydrogen-bond acceptors (Lipinski definition) is 4. The van der Waals surface area contributed by atoms with E-state index in [9.17, 15) is 13.2 Å². The van der Waals surface area contributed by atoms with E-state index >= 15 is 0 Å². The van der Waals surface area contributed by atoms with Gasteiger partial charge in [-0.25, -0.2) is 8.42 Å². The summed E-state index contributed by atoms with van der Waals surface area (Å²) in [7, 11) is -3.72. The Kier molecular flexibility index (Phi) is 5.12. The fourth-order valence-electron chi connectivity index (χ4n) is 3.86. The average Bonchev–Trinajstić information content (AvgIpc) is 3.38. The molecule has 2 aromatic carbocycles. The SMILES string of the molecule is CC(NC(=O)c1cccc(S(=O)(=O)N2CCc3ccccc32)c1)C1CCCO1. The molecule has 1 N–H and O–H groups in total. The van der Waals surface area contributed by atoms with Gasteiger partial charge < -0.3 is 10.1 Å². The molecule has 2 aliphatic heterocycles. The number of amides is 1. The van der Waals surface area contributed by atoms with Gasteiger partial charge in [0.15, 0.2) is 0 Å². The van der Waals surface area contributed by atoms with Crippen molar-refractivity contribution in [3.05, 3.63) is 59.7 Å². The predicted molar refractivity (Wildman–Crippen MR) is 107 cm³/mol. The Balaban J connectivity index is 1.56. The van der Waals surface area contributed by atoms with E-state index in [0.29, 0.717) is 24.2 Å². The molecular weight excluding hydrogens is 376 g/mol. The lowest BCUT2D eigenvalue weighted by Crippen LogP contribution is -2.40. The van der Waals surface area contributed by atoms with Gasteiger partial charge in [0.05, 0.1) is 22.7 Å². The number of carbonyl (C=O) groups excluding carboxylic acids is 1. The Morgan fingerprint density at radius 1 is 1.21 bits per heavy atom. The van der Waals surface area contributed by atoms with Crippen molar-refractivity contribution in [1.29, 1.82) is 0 Å². The van der Waals surface area contributed by atoms with Gasteiger partial charge in [-0.2, -0.15) is 0 Å². The van der Waals surface area contributed by atoms with Crippen molar-refractivity contribution in [2.75, 3.05) is 17.5 Å². The summed E-state index contributed by atoms with van der Waals surface area (Å²) in [5, 5.41) is 2.93. The standard InChI is InChI=1S/C21H24N2O4S/c1-15(20-10-5-13-27-20)22-21(24)17-7-4-8-18(14-17)28(25,26)23-12-11-16-6-2-3-9-19(16)23/h2-4,6-9,14-15,20H,5,10-13H2,1H3,(H,22,24). The van der Waals surface area contributed by atoms with Gasteiger partial charge in [-0.3, -0.25) is 9.10 Å². The van der Waals surface area contributed by atoms with Crippen molar-refractivity contribution in [3.63, 3.8) is 0 Å². The fourth-order valence-corrected chi connectivity index (χ4v) is 5.41. The van der Waals surface area contributed by atoms with Gasteiger partial charge in [-0.15, -0.1) is 0 Å². The zero-order valence-corrected chi connectivity index (χ0v) is 16.6. The first kappa shape index (κ1) is 19.0. The molecule has 1 saturated heterocycles. The molecule has 0 saturated carbocycles. The van der Waals surface area contributed by atoms with Gasteiger partial charge in [-0.1, -0.05) is 24.3 Å². The van der Waals surface area contributed by atoms with E-state index in [1.165, 1.54) is 16.4 Å². The van der Waals surface area contributed by atoms with Crippen LogP contribution < -0.4 is 9.62 Å². The van der Waals surface area contributed by atoms with Crippen LogP contribution in [-0.4, -0.2) is 39.6 Å². The third kappa shape index (κ3) is 3.52. The summed E-state index contributed by atoms with van der Waals surface area (Å²) in [6, 6.07) is 13.6. The van der Waals surface area contributed by atoms with Gasteiger partial charge in [-0.05, 0) is 56.0 Å². The number of sulfonamides is 1. The number of anilines is 1. The molecule has 0 aliphatic carbocycles. The van der Waals surface area contributed by atoms with Gasteiger partial charge in [0.25, 0.3) is 15.9 Å². The number of fused-ring (bicyclic) bond motifs is 1. The zero-order valence-electron chi connectivity index (χ0n) is 15.8. The summed E-state index contributed by atoms with van der Waals surface area (Å²) < 4.78 is 33.4. The number of hydrogen-bond donors (Lipinski definition) is 1. The van der Waals surface area contributed by atoms with Crippen LogP contribution in [-0.2, 0) is 21.2 Å². The first-order valence-electron chi connectivity index (χ1n) is 9.60. The lowest BCUT2D eigenvalue weighted by Gasteiger charge is -2.21. The maximum atomic E-state index is 13.2. The second-order valence-electron chi connectivity index (χ2n) is 7.30. The smallest absolute Gasteiger partial charge is 0.264 e. The second kappa shape index (κ2) is 7.56. The minimum Gasteiger partial charge on any atom is -0.376 e. The van der Waals surface area contributed by atoms with Crippen LogP contribution in [0.3, 0.4) is 0 Å². The summed E-state index contributed by atoms with van der Waals surface area (Å²) in [6.45, 7) is 3.04. The number of rotatable bonds is 5. The van der Waals surface area contributed by atoms with Crippen molar-refractivity contribution in [2.24, 2.45) is 0 Å². The van der Waals surface area contributed by atoms with E-state index in [1.54, 1.807) is 12.1 Å². The normalized spacial score (nSPS) is 20.0. The Bertz CT molecular complexity index is 983. The van der Waals surface area contributed by atoms with Crippen LogP contribution in [0.25, 0.3) is 0 Å². The van der Waals surface area contributed by atoms with Crippen LogP contribution in [0.4, 0.5) is 5.69 Å². The molecule has 148 valence electrons. The second-order valence-corrected chi connectivity index (χ2v) is 9.16. The molecule has 7 heteroatoms. The molecule has 6 nitrogen and oxygen atoms in total. The summed E-state index contributed by atoms with van der Waals surface area (Å²) in [5.74, 6) is -0.290. The molecule has 2 aromatic rings. The number of carbonyl (C=O) groups is 1. The van der Waals surface area contributed by atoms with E-state index in [2.05, 4.69) is 5.32 Å². The minimum absolute atomic E-state index is 0.0111. The Hall–Kier alpha value is -2.38. The molecular formula is C21H24N2O4S. The maximum absolute atomic E-state index is 13.2. The molecule has 4 rings (SSSR count). The molecule has 28 heavy (non-hydrogen) atoms. The molecule has 2 heterocycles. The number of ether oxygens (including phenoxy) is 1. The average molecular weight is 401 g/mol. The van der Waals surface area contributed by atoms with Crippen LogP contribution >= 0.6 is 0 Å². The number of nitrogens with one attached hydrogen (secondary N) is 1. The van der Waals surface area contributed by atoms with Crippen LogP contribution in [0, 0.1) is 0 Å². The van der Waals surface area contributed by atoms with Gasteiger partial charge in [0.1, 0.15) is 0 Å². The van der Waals surface area contributed by atoms with Crippen LogP contribution in [0.1, 0.15) is 35.7 Å². The Labute approximate surface area is 165 Å². The van der Waals surface area contributed by atoms with Crippen molar-refractivity contribution >= 4 is 21.6 Å². The molecule has 0 radical (unpaired) electrons. The highest BCUT2D eigenvalue weighted by Gasteiger charge is 2.31. The highest BCUT2D eigenvalue weighted by Crippen LogP contribution is 2.32. The maximum Gasteiger partial charge on any atom is 0.264 e. The van der Waals surface area contributed by atoms with Gasteiger partial charge in [0.2, 0.25) is 0 Å². The quantitative estimate of drug-likeness (QED) is 0.837. The van der Waals surface area contributed by atoms with Crippen molar-refractivity contribution in [3.8, 4) is 0 Å². The summed E-state index contributed by atoms with van der Waals surface area (Å²) in [6.07, 6.45) is 2.62. The number of benzene rings is 2. The van der Waals surface area contributed by atoms with Crippen molar-refractivity contribution < 1.29 is 17.9 Å². The van der Waals surface area contributed by atoms with E-state index in [0.717, 1.165) is 25.0 Å². The summed E-state index contributed by atoms with van der Waals surface area (Å²) in [4.78, 5) is 12.8. The molecule has 0 spiro atoms. The van der Waals surface area contributed by atoms with Crippen molar-refractivity contribution in [1.82, 2.24) is 5.32 Å². The predicted octanol–water partition coefficient (Wildman–Crippen LogP) is 2.74. The van der Waals surface area contributed by atoms with E-state index in [-0.39, 0.29) is 22.9 Å². The monoisotopic (exact) mass is 400 g/mol. The summed E-state index contributed by atoms with van der Waals surface area (Å²) >= 11 is 0. The molecule has 2 unspecified atom stereocenters. The topological polar surface area (TPSA) is 75.7 Å². The molecule has 0 bridgehead atoms. The summed E-state index contributed by atoms with van der Waals surface area (Å²) in [5.41, 5.74) is 2.06. The molecule has 2 atom stereocenters. The van der Waals surface area contributed by atoms with Crippen LogP contribution in [0.2, 0.25) is 0 Å². The third-order valence-electron chi connectivity index (χ3n) is 5.41. The highest BCUT2D eigenvalue weighted by atomic mass is 32.2. The molecule has 1 fully saturated rings. The lowest BCUT2D eigenvalue weighted by molar-refractivity contribution is 0.0712. The van der Waals surface area contributed by atoms with Crippen LogP contribution in [0.15, 0.2) is 53.4 Å². The molecule has 2 aliphatic rings. The van der Waals surface area contributed by atoms with E-state index in [4.69, 9.17) is 4.74 Å². The third-order valence-corrected chi connectivity index (χ3v) is 7.22. The van der Waals surface area contributed by atoms with Crippen LogP contribution in [0.5, 0.6) is 0 Å². The minimum atomic E-state index is -3.72. The van der Waals surface area contributed by atoms with Gasteiger partial charge >= 0.3 is 0 Å². The first-order chi connectivity index (χ1) is 13.5. The first-order valence-corrected chi connectivity index (χ1v) is 11.0. The highest BCUT2D eigenvalue weighted by molar-refractivity contribution is 7.92. The van der Waals surface area contributed by atoms with E-state index in [1.807, 2.05) is 31.2 Å². The zero-order chi connectivity index (χ0) is 19.7. The van der Waals surface area contributed by atoms with E-state index < -0.39 is 10.0 Å². The number of nitrogens with zero attached hydrogens (tertiary/aromatic N) is 1. The lowest BCUT2D eigenvalue weighted by atomic mass is 10.1. The van der Waals surface area contributed by atoms with Gasteiger partial charge in [0, 0.05) is 18.7 Å². The fraction of sp³-hybridized carbons (Fsp3) is 0.381. The Morgan fingerprint density at radius 2 is 2.04 bits per heavy atom. The van der Waals surface area contributed by atoms with Crippen molar-refractivity contribution in [2.45, 2.75) is 43.2 Å². The Morgan fingerprint density at radius 3 is 2.82 bits per heavy atom. The molecule has 0 aromatic heterocycles. The number of para-hydroxylation sites is 1. The largest absolute Gasteiger partial charge is 0.376 e.